The molecule has 2 amide bonds. The molecule has 0 spiro atoms. The number of nitrogens with zero attached hydrogens (tertiary/aromatic N) is 1. The third-order valence-corrected chi connectivity index (χ3v) is 3.76. The number of hydrogen-bond donors (Lipinski definition) is 2. The monoisotopic (exact) mass is 320 g/mol. The summed E-state index contributed by atoms with van der Waals surface area (Å²) in [7, 11) is 0. The number of urea groups is 1. The number of likely N-dealkylation sites (tertiary alicyclic amines) is 1. The van der Waals surface area contributed by atoms with Crippen LogP contribution in [0.15, 0.2) is 29.8 Å². The highest BCUT2D eigenvalue weighted by molar-refractivity contribution is 5.74. The van der Waals surface area contributed by atoms with E-state index in [0.717, 1.165) is 18.4 Å². The van der Waals surface area contributed by atoms with E-state index >= 15 is 0 Å². The number of carboxylic acid groups (broad SMARTS) is 1. The summed E-state index contributed by atoms with van der Waals surface area (Å²) < 4.78 is 13.2. The number of halogens is 1. The first-order chi connectivity index (χ1) is 11.0. The SMILES string of the molecule is O=C(O)CCCNC(=O)N1CCC(=Cc2cccc(F)c2)CC1. The maximum Gasteiger partial charge on any atom is 0.317 e. The molecule has 0 aliphatic carbocycles. The maximum absolute atomic E-state index is 13.2. The number of benzene rings is 1. The van der Waals surface area contributed by atoms with E-state index in [1.165, 1.54) is 17.7 Å². The van der Waals surface area contributed by atoms with Gasteiger partial charge in [0.15, 0.2) is 0 Å². The topological polar surface area (TPSA) is 69.6 Å². The fourth-order valence-electron chi connectivity index (χ4n) is 2.52. The number of carbonyl (C=O) groups excluding carboxylic acids is 1. The molecule has 2 rings (SSSR count). The van der Waals surface area contributed by atoms with Crippen LogP contribution >= 0.6 is 0 Å². The van der Waals surface area contributed by atoms with Gasteiger partial charge in [-0.2, -0.15) is 0 Å². The fraction of sp³-hybridized carbons (Fsp3) is 0.412. The predicted octanol–water partition coefficient (Wildman–Crippen LogP) is 2.88. The minimum atomic E-state index is -0.857. The second-order valence-electron chi connectivity index (χ2n) is 5.57. The van der Waals surface area contributed by atoms with Crippen molar-refractivity contribution in [3.63, 3.8) is 0 Å². The van der Waals surface area contributed by atoms with Crippen LogP contribution in [0.5, 0.6) is 0 Å². The van der Waals surface area contributed by atoms with Crippen LogP contribution in [-0.2, 0) is 4.79 Å². The minimum absolute atomic E-state index is 0.0564. The molecule has 1 fully saturated rings. The highest BCUT2D eigenvalue weighted by atomic mass is 19.1. The Balaban J connectivity index is 1.77. The second-order valence-corrected chi connectivity index (χ2v) is 5.57. The number of carbonyl (C=O) groups is 2. The second kappa shape index (κ2) is 8.31. The number of rotatable bonds is 5. The Labute approximate surface area is 134 Å². The number of amides is 2. The first-order valence-corrected chi connectivity index (χ1v) is 7.74. The molecule has 0 aromatic heterocycles. The number of nitrogens with one attached hydrogen (secondary N) is 1. The van der Waals surface area contributed by atoms with Crippen LogP contribution in [0.1, 0.15) is 31.2 Å². The van der Waals surface area contributed by atoms with Crippen LogP contribution in [-0.4, -0.2) is 41.6 Å². The molecule has 6 heteroatoms. The van der Waals surface area contributed by atoms with Crippen molar-refractivity contribution in [2.75, 3.05) is 19.6 Å². The third-order valence-electron chi connectivity index (χ3n) is 3.76. The molecule has 0 atom stereocenters. The largest absolute Gasteiger partial charge is 0.481 e. The number of piperidine rings is 1. The molecule has 0 bridgehead atoms. The quantitative estimate of drug-likeness (QED) is 0.820. The summed E-state index contributed by atoms with van der Waals surface area (Å²) in [5, 5.41) is 11.3. The van der Waals surface area contributed by atoms with Gasteiger partial charge in [0.1, 0.15) is 5.82 Å². The lowest BCUT2D eigenvalue weighted by molar-refractivity contribution is -0.137. The summed E-state index contributed by atoms with van der Waals surface area (Å²) >= 11 is 0. The minimum Gasteiger partial charge on any atom is -0.481 e. The lowest BCUT2D eigenvalue weighted by Crippen LogP contribution is -2.43. The Morgan fingerprint density at radius 1 is 1.30 bits per heavy atom. The molecule has 1 heterocycles. The third kappa shape index (κ3) is 5.73. The van der Waals surface area contributed by atoms with Crippen molar-refractivity contribution in [1.82, 2.24) is 10.2 Å². The van der Waals surface area contributed by atoms with E-state index in [0.29, 0.717) is 26.1 Å². The summed E-state index contributed by atoms with van der Waals surface area (Å²) in [4.78, 5) is 24.1. The average Bonchev–Trinajstić information content (AvgIpc) is 2.52. The van der Waals surface area contributed by atoms with E-state index in [-0.39, 0.29) is 18.3 Å². The van der Waals surface area contributed by atoms with Crippen molar-refractivity contribution >= 4 is 18.1 Å². The zero-order valence-corrected chi connectivity index (χ0v) is 12.9. The first kappa shape index (κ1) is 17.0. The summed E-state index contributed by atoms with van der Waals surface area (Å²) in [6, 6.07) is 6.30. The molecule has 1 saturated heterocycles. The molecule has 1 aromatic carbocycles. The van der Waals surface area contributed by atoms with Gasteiger partial charge < -0.3 is 15.3 Å². The Kier molecular flexibility index (Phi) is 6.14. The Morgan fingerprint density at radius 2 is 2.04 bits per heavy atom. The molecule has 1 aliphatic heterocycles. The van der Waals surface area contributed by atoms with E-state index < -0.39 is 5.97 Å². The maximum atomic E-state index is 13.2. The summed E-state index contributed by atoms with van der Waals surface area (Å²) in [5.74, 6) is -1.11. The van der Waals surface area contributed by atoms with Crippen LogP contribution in [0.2, 0.25) is 0 Å². The van der Waals surface area contributed by atoms with Gasteiger partial charge in [0.25, 0.3) is 0 Å². The molecule has 1 aromatic rings. The molecule has 124 valence electrons. The fourth-order valence-corrected chi connectivity index (χ4v) is 2.52. The van der Waals surface area contributed by atoms with Gasteiger partial charge in [0.05, 0.1) is 0 Å². The van der Waals surface area contributed by atoms with Crippen LogP contribution in [0.3, 0.4) is 0 Å². The normalized spacial score (nSPS) is 14.5. The van der Waals surface area contributed by atoms with Gasteiger partial charge in [-0.05, 0) is 37.0 Å². The first-order valence-electron chi connectivity index (χ1n) is 7.74. The van der Waals surface area contributed by atoms with Gasteiger partial charge in [-0.3, -0.25) is 4.79 Å². The zero-order chi connectivity index (χ0) is 16.7. The molecule has 0 saturated carbocycles. The molecule has 5 nitrogen and oxygen atoms in total. The molecule has 1 aliphatic rings. The molecule has 0 unspecified atom stereocenters. The highest BCUT2D eigenvalue weighted by Gasteiger charge is 2.18. The van der Waals surface area contributed by atoms with Gasteiger partial charge in [-0.25, -0.2) is 9.18 Å². The standard InChI is InChI=1S/C17H21FN2O3/c18-15-4-1-3-14(12-15)11-13-6-9-20(10-7-13)17(23)19-8-2-5-16(21)22/h1,3-4,11-12H,2,5-10H2,(H,19,23)(H,21,22). The van der Waals surface area contributed by atoms with Crippen LogP contribution in [0.25, 0.3) is 6.08 Å². The summed E-state index contributed by atoms with van der Waals surface area (Å²) in [6.07, 6.45) is 3.99. The predicted molar refractivity (Wildman–Crippen MR) is 85.5 cm³/mol. The van der Waals surface area contributed by atoms with Crippen LogP contribution < -0.4 is 5.32 Å². The Morgan fingerprint density at radius 3 is 2.70 bits per heavy atom. The smallest absolute Gasteiger partial charge is 0.317 e. The van der Waals surface area contributed by atoms with Gasteiger partial charge in [0, 0.05) is 26.1 Å². The Bertz CT molecular complexity index is 591. The molecular formula is C17H21FN2O3. The number of hydrogen-bond acceptors (Lipinski definition) is 2. The average molecular weight is 320 g/mol. The zero-order valence-electron chi connectivity index (χ0n) is 12.9. The van der Waals surface area contributed by atoms with Crippen molar-refractivity contribution < 1.29 is 19.1 Å². The number of carboxylic acids is 1. The lowest BCUT2D eigenvalue weighted by atomic mass is 10.0. The van der Waals surface area contributed by atoms with Crippen molar-refractivity contribution in [3.8, 4) is 0 Å². The van der Waals surface area contributed by atoms with E-state index in [2.05, 4.69) is 5.32 Å². The van der Waals surface area contributed by atoms with E-state index in [1.807, 2.05) is 12.1 Å². The van der Waals surface area contributed by atoms with Gasteiger partial charge in [0.2, 0.25) is 0 Å². The Hall–Kier alpha value is -2.37. The molecular weight excluding hydrogens is 299 g/mol. The van der Waals surface area contributed by atoms with Gasteiger partial charge in [-0.1, -0.05) is 23.8 Å². The van der Waals surface area contributed by atoms with E-state index in [1.54, 1.807) is 11.0 Å². The van der Waals surface area contributed by atoms with Crippen molar-refractivity contribution in [1.29, 1.82) is 0 Å². The lowest BCUT2D eigenvalue weighted by Gasteiger charge is -2.28. The molecule has 23 heavy (non-hydrogen) atoms. The van der Waals surface area contributed by atoms with E-state index in [9.17, 15) is 14.0 Å². The van der Waals surface area contributed by atoms with Crippen LogP contribution in [0.4, 0.5) is 9.18 Å². The summed E-state index contributed by atoms with van der Waals surface area (Å²) in [5.41, 5.74) is 2.04. The van der Waals surface area contributed by atoms with Crippen molar-refractivity contribution in [2.24, 2.45) is 0 Å². The highest BCUT2D eigenvalue weighted by Crippen LogP contribution is 2.19. The van der Waals surface area contributed by atoms with Crippen LogP contribution in [0, 0.1) is 5.82 Å². The van der Waals surface area contributed by atoms with Gasteiger partial charge >= 0.3 is 12.0 Å². The number of aliphatic carboxylic acids is 1. The van der Waals surface area contributed by atoms with Crippen molar-refractivity contribution in [2.45, 2.75) is 25.7 Å². The van der Waals surface area contributed by atoms with Crippen molar-refractivity contribution in [3.05, 3.63) is 41.2 Å². The molecule has 0 radical (unpaired) electrons. The van der Waals surface area contributed by atoms with Gasteiger partial charge in [-0.15, -0.1) is 0 Å². The van der Waals surface area contributed by atoms with E-state index in [4.69, 9.17) is 5.11 Å². The molecule has 2 N–H and O–H groups in total. The summed E-state index contributed by atoms with van der Waals surface area (Å²) in [6.45, 7) is 1.60.